The molecule has 0 spiro atoms. The third kappa shape index (κ3) is 6.61. The van der Waals surface area contributed by atoms with E-state index in [4.69, 9.17) is 11.6 Å². The van der Waals surface area contributed by atoms with Crippen LogP contribution in [0.15, 0.2) is 11.6 Å². The van der Waals surface area contributed by atoms with Crippen molar-refractivity contribution in [3.05, 3.63) is 11.6 Å². The minimum absolute atomic E-state index is 0.0623. The van der Waals surface area contributed by atoms with Crippen LogP contribution in [0.2, 0.25) is 0 Å². The molecule has 0 aromatic rings. The highest BCUT2D eigenvalue weighted by Crippen LogP contribution is 1.89. The van der Waals surface area contributed by atoms with E-state index < -0.39 is 0 Å². The molecule has 76 valence electrons. The van der Waals surface area contributed by atoms with E-state index in [9.17, 15) is 4.79 Å². The first-order valence-corrected chi connectivity index (χ1v) is 4.92. The average molecular weight is 205 g/mol. The van der Waals surface area contributed by atoms with Gasteiger partial charge in [0.1, 0.15) is 0 Å². The van der Waals surface area contributed by atoms with Gasteiger partial charge < -0.3 is 5.32 Å². The fraction of sp³-hybridized carbons (Fsp3) is 0.667. The molecule has 0 rings (SSSR count). The van der Waals surface area contributed by atoms with Crippen molar-refractivity contribution in [1.29, 1.82) is 0 Å². The first-order chi connectivity index (χ1) is 6.24. The smallest absolute Gasteiger partial charge is 0.234 e. The molecule has 0 unspecified atom stereocenters. The quantitative estimate of drug-likeness (QED) is 0.705. The lowest BCUT2D eigenvalue weighted by atomic mass is 10.4. The lowest BCUT2D eigenvalue weighted by molar-refractivity contribution is -0.122. The Morgan fingerprint density at radius 3 is 2.69 bits per heavy atom. The molecule has 13 heavy (non-hydrogen) atoms. The number of likely N-dealkylation sites (N-methyl/N-ethyl adjacent to an activating group) is 2. The van der Waals surface area contributed by atoms with Crippen molar-refractivity contribution < 1.29 is 4.79 Å². The van der Waals surface area contributed by atoms with E-state index in [-0.39, 0.29) is 5.91 Å². The maximum Gasteiger partial charge on any atom is 0.234 e. The Morgan fingerprint density at radius 2 is 2.23 bits per heavy atom. The van der Waals surface area contributed by atoms with Crippen molar-refractivity contribution in [2.24, 2.45) is 0 Å². The van der Waals surface area contributed by atoms with Crippen molar-refractivity contribution in [3.8, 4) is 0 Å². The van der Waals surface area contributed by atoms with Gasteiger partial charge in [0.25, 0.3) is 0 Å². The number of carbonyl (C=O) groups excluding carboxylic acids is 1. The standard InChI is InChI=1S/C9H17ClN2O/c1-3-11-9(13)8-12(4-2)7-5-6-10/h5-6H,3-4,7-8H2,1-2H3,(H,11,13)/b6-5+. The molecule has 0 saturated heterocycles. The van der Waals surface area contributed by atoms with Crippen LogP contribution in [-0.4, -0.2) is 37.0 Å². The molecule has 0 bridgehead atoms. The number of carbonyl (C=O) groups is 1. The van der Waals surface area contributed by atoms with E-state index in [1.54, 1.807) is 0 Å². The zero-order valence-corrected chi connectivity index (χ0v) is 8.97. The van der Waals surface area contributed by atoms with Crippen molar-refractivity contribution >= 4 is 17.5 Å². The second-order valence-corrected chi connectivity index (χ2v) is 2.89. The summed E-state index contributed by atoms with van der Waals surface area (Å²) in [6.45, 7) is 6.61. The summed E-state index contributed by atoms with van der Waals surface area (Å²) in [6.07, 6.45) is 1.82. The number of amides is 1. The van der Waals surface area contributed by atoms with Gasteiger partial charge in [-0.05, 0) is 13.5 Å². The molecule has 0 saturated carbocycles. The highest BCUT2D eigenvalue weighted by Gasteiger charge is 2.05. The molecule has 4 heteroatoms. The third-order valence-corrected chi connectivity index (χ3v) is 1.82. The summed E-state index contributed by atoms with van der Waals surface area (Å²) in [7, 11) is 0. The molecule has 1 amide bonds. The fourth-order valence-corrected chi connectivity index (χ4v) is 1.03. The minimum atomic E-state index is 0.0623. The van der Waals surface area contributed by atoms with Crippen LogP contribution in [0.25, 0.3) is 0 Å². The Morgan fingerprint density at radius 1 is 1.54 bits per heavy atom. The van der Waals surface area contributed by atoms with Gasteiger partial charge in [-0.2, -0.15) is 0 Å². The molecule has 0 aromatic heterocycles. The molecule has 0 heterocycles. The number of nitrogens with zero attached hydrogens (tertiary/aromatic N) is 1. The molecule has 0 aromatic carbocycles. The largest absolute Gasteiger partial charge is 0.355 e. The summed E-state index contributed by atoms with van der Waals surface area (Å²) in [5.74, 6) is 0.0623. The fourth-order valence-electron chi connectivity index (χ4n) is 0.951. The second-order valence-electron chi connectivity index (χ2n) is 2.64. The van der Waals surface area contributed by atoms with E-state index in [1.807, 2.05) is 24.8 Å². The number of halogens is 1. The summed E-state index contributed by atoms with van der Waals surface area (Å²) in [6, 6.07) is 0. The van der Waals surface area contributed by atoms with Crippen molar-refractivity contribution in [2.45, 2.75) is 13.8 Å². The van der Waals surface area contributed by atoms with E-state index >= 15 is 0 Å². The predicted molar refractivity (Wildman–Crippen MR) is 55.8 cm³/mol. The molecule has 0 fully saturated rings. The second kappa shape index (κ2) is 8.08. The van der Waals surface area contributed by atoms with Gasteiger partial charge >= 0.3 is 0 Å². The van der Waals surface area contributed by atoms with Gasteiger partial charge in [-0.25, -0.2) is 0 Å². The summed E-state index contributed by atoms with van der Waals surface area (Å²) >= 11 is 5.39. The first-order valence-electron chi connectivity index (χ1n) is 4.48. The number of rotatable bonds is 6. The zero-order chi connectivity index (χ0) is 10.1. The predicted octanol–water partition coefficient (Wildman–Crippen LogP) is 1.20. The molecule has 0 aliphatic heterocycles. The van der Waals surface area contributed by atoms with Crippen LogP contribution in [0, 0.1) is 0 Å². The molecule has 0 radical (unpaired) electrons. The lowest BCUT2D eigenvalue weighted by Gasteiger charge is -2.17. The summed E-state index contributed by atoms with van der Waals surface area (Å²) in [5.41, 5.74) is 1.47. The molecular formula is C9H17ClN2O. The SMILES string of the molecule is CCNC(=O)CN(CC)C/C=C/Cl. The van der Waals surface area contributed by atoms with Crippen molar-refractivity contribution in [1.82, 2.24) is 10.2 Å². The maximum absolute atomic E-state index is 11.2. The molecule has 1 N–H and O–H groups in total. The van der Waals surface area contributed by atoms with Gasteiger partial charge in [0.15, 0.2) is 0 Å². The Labute approximate surface area is 84.7 Å². The topological polar surface area (TPSA) is 32.3 Å². The maximum atomic E-state index is 11.2. The Bertz CT molecular complexity index is 171. The monoisotopic (exact) mass is 204 g/mol. The van der Waals surface area contributed by atoms with Crippen LogP contribution in [0.5, 0.6) is 0 Å². The van der Waals surface area contributed by atoms with Gasteiger partial charge in [0, 0.05) is 18.6 Å². The molecule has 0 aliphatic rings. The van der Waals surface area contributed by atoms with Gasteiger partial charge in [-0.1, -0.05) is 24.6 Å². The third-order valence-electron chi connectivity index (χ3n) is 1.64. The zero-order valence-electron chi connectivity index (χ0n) is 8.22. The van der Waals surface area contributed by atoms with E-state index in [0.717, 1.165) is 13.1 Å². The normalized spacial score (nSPS) is 11.1. The Balaban J connectivity index is 3.75. The van der Waals surface area contributed by atoms with Gasteiger partial charge in [-0.3, -0.25) is 9.69 Å². The van der Waals surface area contributed by atoms with Gasteiger partial charge in [-0.15, -0.1) is 0 Å². The highest BCUT2D eigenvalue weighted by atomic mass is 35.5. The molecule has 3 nitrogen and oxygen atoms in total. The summed E-state index contributed by atoms with van der Waals surface area (Å²) < 4.78 is 0. The van der Waals surface area contributed by atoms with Crippen molar-refractivity contribution in [3.63, 3.8) is 0 Å². The van der Waals surface area contributed by atoms with Crippen LogP contribution >= 0.6 is 11.6 Å². The number of nitrogens with one attached hydrogen (secondary N) is 1. The van der Waals surface area contributed by atoms with E-state index in [0.29, 0.717) is 13.1 Å². The number of hydrogen-bond acceptors (Lipinski definition) is 2. The molecule has 0 aliphatic carbocycles. The summed E-state index contributed by atoms with van der Waals surface area (Å²) in [4.78, 5) is 13.2. The van der Waals surface area contributed by atoms with Crippen LogP contribution in [0.3, 0.4) is 0 Å². The molecule has 0 atom stereocenters. The van der Waals surface area contributed by atoms with Crippen LogP contribution < -0.4 is 5.32 Å². The Hall–Kier alpha value is -0.540. The van der Waals surface area contributed by atoms with E-state index in [2.05, 4.69) is 5.32 Å². The average Bonchev–Trinajstić information content (AvgIpc) is 2.12. The minimum Gasteiger partial charge on any atom is -0.355 e. The summed E-state index contributed by atoms with van der Waals surface area (Å²) in [5, 5.41) is 2.75. The highest BCUT2D eigenvalue weighted by molar-refractivity contribution is 6.25. The Kier molecular flexibility index (Phi) is 7.74. The van der Waals surface area contributed by atoms with E-state index in [1.165, 1.54) is 5.54 Å². The lowest BCUT2D eigenvalue weighted by Crippen LogP contribution is -2.37. The van der Waals surface area contributed by atoms with Crippen LogP contribution in [0.4, 0.5) is 0 Å². The van der Waals surface area contributed by atoms with Gasteiger partial charge in [0.05, 0.1) is 6.54 Å². The number of hydrogen-bond donors (Lipinski definition) is 1. The first kappa shape index (κ1) is 12.5. The van der Waals surface area contributed by atoms with Crippen LogP contribution in [-0.2, 0) is 4.79 Å². The van der Waals surface area contributed by atoms with Gasteiger partial charge in [0.2, 0.25) is 5.91 Å². The molecular weight excluding hydrogens is 188 g/mol. The van der Waals surface area contributed by atoms with Crippen LogP contribution in [0.1, 0.15) is 13.8 Å². The van der Waals surface area contributed by atoms with Crippen molar-refractivity contribution in [2.75, 3.05) is 26.2 Å².